The Morgan fingerprint density at radius 1 is 1.19 bits per heavy atom. The smallest absolute Gasteiger partial charge is 0.196 e. The van der Waals surface area contributed by atoms with Gasteiger partial charge in [0.25, 0.3) is 0 Å². The zero-order chi connectivity index (χ0) is 14.8. The van der Waals surface area contributed by atoms with Crippen molar-refractivity contribution >= 4 is 11.9 Å². The second-order valence-electron chi connectivity index (χ2n) is 4.74. The van der Waals surface area contributed by atoms with Crippen LogP contribution in [-0.4, -0.2) is 24.6 Å². The number of ether oxygens (including phenoxy) is 2. The van der Waals surface area contributed by atoms with Crippen molar-refractivity contribution in [3.63, 3.8) is 0 Å². The Labute approximate surface area is 122 Å². The third-order valence-electron chi connectivity index (χ3n) is 3.34. The van der Waals surface area contributed by atoms with Crippen molar-refractivity contribution in [3.05, 3.63) is 59.2 Å². The molecule has 0 aliphatic carbocycles. The van der Waals surface area contributed by atoms with Crippen LogP contribution >= 0.6 is 0 Å². The number of rotatable bonds is 2. The van der Waals surface area contributed by atoms with Gasteiger partial charge in [0, 0.05) is 5.57 Å². The van der Waals surface area contributed by atoms with Crippen LogP contribution in [0.15, 0.2) is 48.0 Å². The van der Waals surface area contributed by atoms with Gasteiger partial charge < -0.3 is 14.6 Å². The maximum atomic E-state index is 12.4. The minimum atomic E-state index is -0.122. The zero-order valence-electron chi connectivity index (χ0n) is 11.5. The van der Waals surface area contributed by atoms with Gasteiger partial charge in [0.1, 0.15) is 23.9 Å². The number of phenols is 1. The van der Waals surface area contributed by atoms with Gasteiger partial charge in [0.2, 0.25) is 0 Å². The third-order valence-corrected chi connectivity index (χ3v) is 3.34. The quantitative estimate of drug-likeness (QED) is 0.860. The van der Waals surface area contributed by atoms with Gasteiger partial charge >= 0.3 is 0 Å². The molecule has 1 aliphatic rings. The molecule has 1 heterocycles. The molecule has 0 fully saturated rings. The van der Waals surface area contributed by atoms with E-state index in [1.807, 2.05) is 24.3 Å². The first kappa shape index (κ1) is 13.2. The van der Waals surface area contributed by atoms with Crippen LogP contribution in [0.5, 0.6) is 17.2 Å². The Morgan fingerprint density at radius 3 is 2.67 bits per heavy atom. The van der Waals surface area contributed by atoms with Gasteiger partial charge in [0.15, 0.2) is 5.78 Å². The van der Waals surface area contributed by atoms with Crippen molar-refractivity contribution in [1.29, 1.82) is 0 Å². The minimum absolute atomic E-state index is 0.0522. The standard InChI is InChI=1S/C17H14O4/c1-20-14-5-2-11(3-6-14)8-12-10-21-16-7-4-13(18)9-15(16)17(12)19/h2-9,18H,10H2,1H3/b12-8+. The predicted molar refractivity (Wildman–Crippen MR) is 78.9 cm³/mol. The number of fused-ring (bicyclic) bond motifs is 1. The van der Waals surface area contributed by atoms with Gasteiger partial charge in [-0.1, -0.05) is 12.1 Å². The second-order valence-corrected chi connectivity index (χ2v) is 4.74. The van der Waals surface area contributed by atoms with Crippen LogP contribution in [0.25, 0.3) is 6.08 Å². The number of ketones is 1. The van der Waals surface area contributed by atoms with E-state index < -0.39 is 0 Å². The van der Waals surface area contributed by atoms with Gasteiger partial charge in [0.05, 0.1) is 12.7 Å². The summed E-state index contributed by atoms with van der Waals surface area (Å²) in [5, 5.41) is 9.50. The van der Waals surface area contributed by atoms with Crippen molar-refractivity contribution in [2.45, 2.75) is 0 Å². The molecule has 1 N–H and O–H groups in total. The maximum Gasteiger partial charge on any atom is 0.196 e. The number of benzene rings is 2. The van der Waals surface area contributed by atoms with E-state index in [0.29, 0.717) is 16.9 Å². The highest BCUT2D eigenvalue weighted by atomic mass is 16.5. The number of hydrogen-bond donors (Lipinski definition) is 1. The highest BCUT2D eigenvalue weighted by molar-refractivity contribution is 6.14. The lowest BCUT2D eigenvalue weighted by Gasteiger charge is -2.18. The number of carbonyl (C=O) groups excluding carboxylic acids is 1. The molecule has 1 aliphatic heterocycles. The summed E-state index contributed by atoms with van der Waals surface area (Å²) in [7, 11) is 1.61. The molecule has 0 amide bonds. The van der Waals surface area contributed by atoms with Crippen LogP contribution in [-0.2, 0) is 0 Å². The number of phenolic OH excluding ortho intramolecular Hbond substituents is 1. The highest BCUT2D eigenvalue weighted by Crippen LogP contribution is 2.30. The van der Waals surface area contributed by atoms with Crippen LogP contribution < -0.4 is 9.47 Å². The monoisotopic (exact) mass is 282 g/mol. The van der Waals surface area contributed by atoms with Crippen LogP contribution in [0.2, 0.25) is 0 Å². The molecule has 4 nitrogen and oxygen atoms in total. The molecule has 4 heteroatoms. The number of carbonyl (C=O) groups is 1. The summed E-state index contributed by atoms with van der Waals surface area (Å²) in [6.45, 7) is 0.225. The lowest BCUT2D eigenvalue weighted by atomic mass is 9.98. The number of Topliss-reactive ketones (excluding diaryl/α,β-unsaturated/α-hetero) is 1. The van der Waals surface area contributed by atoms with Gasteiger partial charge in [-0.2, -0.15) is 0 Å². The Balaban J connectivity index is 1.93. The van der Waals surface area contributed by atoms with E-state index in [1.54, 1.807) is 19.3 Å². The van der Waals surface area contributed by atoms with Gasteiger partial charge in [-0.05, 0) is 42.0 Å². The minimum Gasteiger partial charge on any atom is -0.508 e. The number of hydrogen-bond acceptors (Lipinski definition) is 4. The summed E-state index contributed by atoms with van der Waals surface area (Å²) in [4.78, 5) is 12.4. The molecule has 0 atom stereocenters. The predicted octanol–water partition coefficient (Wildman–Crippen LogP) is 3.06. The van der Waals surface area contributed by atoms with E-state index in [4.69, 9.17) is 9.47 Å². The Kier molecular flexibility index (Phi) is 3.36. The first-order valence-corrected chi connectivity index (χ1v) is 6.52. The molecule has 2 aromatic carbocycles. The van der Waals surface area contributed by atoms with Crippen molar-refractivity contribution in [1.82, 2.24) is 0 Å². The van der Waals surface area contributed by atoms with Crippen LogP contribution in [0.3, 0.4) is 0 Å². The topological polar surface area (TPSA) is 55.8 Å². The average Bonchev–Trinajstić information content (AvgIpc) is 2.51. The summed E-state index contributed by atoms with van der Waals surface area (Å²) >= 11 is 0. The second kappa shape index (κ2) is 5.32. The van der Waals surface area contributed by atoms with Crippen molar-refractivity contribution in [3.8, 4) is 17.2 Å². The average molecular weight is 282 g/mol. The van der Waals surface area contributed by atoms with Gasteiger partial charge in [-0.3, -0.25) is 4.79 Å². The summed E-state index contributed by atoms with van der Waals surface area (Å²) in [5.74, 6) is 1.20. The molecule has 3 rings (SSSR count). The molecule has 0 saturated carbocycles. The Bertz CT molecular complexity index is 714. The number of aromatic hydroxyl groups is 1. The van der Waals surface area contributed by atoms with Crippen LogP contribution in [0, 0.1) is 0 Å². The van der Waals surface area contributed by atoms with E-state index in [-0.39, 0.29) is 18.1 Å². The Hall–Kier alpha value is -2.75. The van der Waals surface area contributed by atoms with E-state index in [1.165, 1.54) is 12.1 Å². The Morgan fingerprint density at radius 2 is 1.95 bits per heavy atom. The molecule has 0 unspecified atom stereocenters. The van der Waals surface area contributed by atoms with E-state index in [9.17, 15) is 9.90 Å². The van der Waals surface area contributed by atoms with Crippen LogP contribution in [0.1, 0.15) is 15.9 Å². The molecule has 2 aromatic rings. The molecule has 0 saturated heterocycles. The summed E-state index contributed by atoms with van der Waals surface area (Å²) < 4.78 is 10.7. The van der Waals surface area contributed by atoms with E-state index >= 15 is 0 Å². The summed E-state index contributed by atoms with van der Waals surface area (Å²) in [6, 6.07) is 11.9. The maximum absolute atomic E-state index is 12.4. The molecule has 0 radical (unpaired) electrons. The molecule has 21 heavy (non-hydrogen) atoms. The van der Waals surface area contributed by atoms with Crippen molar-refractivity contribution in [2.24, 2.45) is 0 Å². The summed E-state index contributed by atoms with van der Waals surface area (Å²) in [6.07, 6.45) is 1.79. The van der Waals surface area contributed by atoms with Crippen LogP contribution in [0.4, 0.5) is 0 Å². The molecular formula is C17H14O4. The SMILES string of the molecule is COc1ccc(/C=C2\COc3ccc(O)cc3C2=O)cc1. The van der Waals surface area contributed by atoms with E-state index in [0.717, 1.165) is 11.3 Å². The molecule has 0 bridgehead atoms. The van der Waals surface area contributed by atoms with E-state index in [2.05, 4.69) is 0 Å². The zero-order valence-corrected chi connectivity index (χ0v) is 11.5. The number of methoxy groups -OCH3 is 1. The molecule has 0 spiro atoms. The molecular weight excluding hydrogens is 268 g/mol. The van der Waals surface area contributed by atoms with Crippen molar-refractivity contribution in [2.75, 3.05) is 13.7 Å². The first-order chi connectivity index (χ1) is 10.2. The summed E-state index contributed by atoms with van der Waals surface area (Å²) in [5.41, 5.74) is 1.84. The molecule has 0 aromatic heterocycles. The normalized spacial score (nSPS) is 15.5. The lowest BCUT2D eigenvalue weighted by Crippen LogP contribution is -2.18. The lowest BCUT2D eigenvalue weighted by molar-refractivity contribution is 0.100. The van der Waals surface area contributed by atoms with Gasteiger partial charge in [-0.15, -0.1) is 0 Å². The van der Waals surface area contributed by atoms with Gasteiger partial charge in [-0.25, -0.2) is 0 Å². The van der Waals surface area contributed by atoms with Crippen molar-refractivity contribution < 1.29 is 19.4 Å². The third kappa shape index (κ3) is 2.60. The highest BCUT2D eigenvalue weighted by Gasteiger charge is 2.23. The largest absolute Gasteiger partial charge is 0.508 e. The fourth-order valence-electron chi connectivity index (χ4n) is 2.22. The first-order valence-electron chi connectivity index (χ1n) is 6.52. The molecule has 106 valence electrons. The fraction of sp³-hybridized carbons (Fsp3) is 0.118. The fourth-order valence-corrected chi connectivity index (χ4v) is 2.22.